The highest BCUT2D eigenvalue weighted by atomic mass is 19.2. The minimum Gasteiger partial charge on any atom is -0.503 e. The number of nitrogens with zero attached hydrogens (tertiary/aromatic N) is 3. The van der Waals surface area contributed by atoms with Crippen molar-refractivity contribution in [2.24, 2.45) is 0 Å². The van der Waals surface area contributed by atoms with Crippen molar-refractivity contribution in [3.63, 3.8) is 0 Å². The summed E-state index contributed by atoms with van der Waals surface area (Å²) in [6.07, 6.45) is 1.67. The third kappa shape index (κ3) is 2.49. The van der Waals surface area contributed by atoms with Gasteiger partial charge in [0.1, 0.15) is 0 Å². The lowest BCUT2D eigenvalue weighted by atomic mass is 10.2. The molecule has 1 aromatic carbocycles. The third-order valence-electron chi connectivity index (χ3n) is 4.17. The Kier molecular flexibility index (Phi) is 3.94. The Morgan fingerprint density at radius 1 is 1.25 bits per heavy atom. The lowest BCUT2D eigenvalue weighted by Gasteiger charge is -2.24. The summed E-state index contributed by atoms with van der Waals surface area (Å²) in [4.78, 5) is 17.8. The molecule has 24 heavy (non-hydrogen) atoms. The van der Waals surface area contributed by atoms with E-state index in [9.17, 15) is 23.1 Å². The van der Waals surface area contributed by atoms with Crippen molar-refractivity contribution < 1.29 is 27.6 Å². The minimum absolute atomic E-state index is 0.00139. The molecule has 128 valence electrons. The molecule has 0 aliphatic carbocycles. The van der Waals surface area contributed by atoms with Crippen molar-refractivity contribution in [1.82, 2.24) is 15.0 Å². The molecule has 0 saturated carbocycles. The molecule has 2 aromatic rings. The third-order valence-corrected chi connectivity index (χ3v) is 4.17. The number of phenolic OH excluding ortho intramolecular Hbond substituents is 1. The van der Waals surface area contributed by atoms with Crippen LogP contribution in [0.2, 0.25) is 0 Å². The van der Waals surface area contributed by atoms with Crippen LogP contribution in [0.3, 0.4) is 0 Å². The van der Waals surface area contributed by atoms with E-state index in [1.165, 1.54) is 0 Å². The van der Waals surface area contributed by atoms with Crippen molar-refractivity contribution in [2.45, 2.75) is 38.8 Å². The van der Waals surface area contributed by atoms with Crippen molar-refractivity contribution in [3.05, 3.63) is 29.3 Å². The molecule has 0 radical (unpaired) electrons. The summed E-state index contributed by atoms with van der Waals surface area (Å²) < 4.78 is 45.1. The highest BCUT2D eigenvalue weighted by Gasteiger charge is 2.34. The topological polar surface area (TPSA) is 79.5 Å². The van der Waals surface area contributed by atoms with Gasteiger partial charge in [-0.3, -0.25) is 4.79 Å². The lowest BCUT2D eigenvalue weighted by Crippen LogP contribution is -2.39. The number of amides is 1. The second-order valence-corrected chi connectivity index (χ2v) is 5.79. The Morgan fingerprint density at radius 2 is 1.88 bits per heavy atom. The van der Waals surface area contributed by atoms with E-state index in [0.717, 1.165) is 12.8 Å². The van der Waals surface area contributed by atoms with Gasteiger partial charge in [0.05, 0.1) is 5.56 Å². The highest BCUT2D eigenvalue weighted by molar-refractivity contribution is 5.91. The van der Waals surface area contributed by atoms with E-state index in [-0.39, 0.29) is 17.9 Å². The Morgan fingerprint density at radius 3 is 2.50 bits per heavy atom. The van der Waals surface area contributed by atoms with Crippen LogP contribution in [0.15, 0.2) is 10.6 Å². The zero-order valence-corrected chi connectivity index (χ0v) is 12.9. The van der Waals surface area contributed by atoms with Crippen LogP contribution in [-0.2, 0) is 0 Å². The van der Waals surface area contributed by atoms with Crippen molar-refractivity contribution in [3.8, 4) is 17.2 Å². The summed E-state index contributed by atoms with van der Waals surface area (Å²) >= 11 is 0. The molecule has 1 aliphatic rings. The van der Waals surface area contributed by atoms with Crippen LogP contribution in [0.4, 0.5) is 13.2 Å². The number of aromatic nitrogens is 2. The van der Waals surface area contributed by atoms with Gasteiger partial charge in [0.2, 0.25) is 5.82 Å². The number of aromatic hydroxyl groups is 1. The van der Waals surface area contributed by atoms with Crippen LogP contribution >= 0.6 is 0 Å². The van der Waals surface area contributed by atoms with E-state index in [4.69, 9.17) is 4.52 Å². The molecule has 2 heterocycles. The van der Waals surface area contributed by atoms with E-state index in [0.29, 0.717) is 6.07 Å². The van der Waals surface area contributed by atoms with Crippen LogP contribution in [0.5, 0.6) is 5.75 Å². The maximum Gasteiger partial charge on any atom is 0.295 e. The average Bonchev–Trinajstić information content (AvgIpc) is 3.15. The Labute approximate surface area is 134 Å². The molecule has 1 amide bonds. The summed E-state index contributed by atoms with van der Waals surface area (Å²) in [5, 5.41) is 12.7. The predicted molar refractivity (Wildman–Crippen MR) is 75.6 cm³/mol. The Balaban J connectivity index is 1.96. The van der Waals surface area contributed by atoms with Gasteiger partial charge in [-0.15, -0.1) is 0 Å². The number of likely N-dealkylation sites (tertiary alicyclic amines) is 1. The number of hydrogen-bond acceptors (Lipinski definition) is 5. The molecule has 1 saturated heterocycles. The largest absolute Gasteiger partial charge is 0.503 e. The van der Waals surface area contributed by atoms with Gasteiger partial charge in [-0.1, -0.05) is 5.16 Å². The number of carbonyl (C=O) groups is 1. The SMILES string of the molecule is C[C@@H]1CC[C@H](C)N1C(=O)c1noc(-c2cc(F)c(F)c(O)c2F)n1. The smallest absolute Gasteiger partial charge is 0.295 e. The summed E-state index contributed by atoms with van der Waals surface area (Å²) in [7, 11) is 0. The monoisotopic (exact) mass is 341 g/mol. The summed E-state index contributed by atoms with van der Waals surface area (Å²) in [5.74, 6) is -7.45. The highest BCUT2D eigenvalue weighted by Crippen LogP contribution is 2.32. The van der Waals surface area contributed by atoms with Crippen LogP contribution in [0, 0.1) is 17.5 Å². The molecule has 0 spiro atoms. The van der Waals surface area contributed by atoms with Gasteiger partial charge in [0, 0.05) is 12.1 Å². The molecule has 6 nitrogen and oxygen atoms in total. The van der Waals surface area contributed by atoms with Crippen LogP contribution in [0.25, 0.3) is 11.5 Å². The number of halogens is 3. The zero-order chi connectivity index (χ0) is 17.6. The van der Waals surface area contributed by atoms with Gasteiger partial charge in [-0.2, -0.15) is 9.37 Å². The predicted octanol–water partition coefficient (Wildman–Crippen LogP) is 2.87. The quantitative estimate of drug-likeness (QED) is 0.850. The summed E-state index contributed by atoms with van der Waals surface area (Å²) in [5.41, 5.74) is -0.625. The molecule has 3 rings (SSSR count). The first-order valence-electron chi connectivity index (χ1n) is 7.34. The number of hydrogen-bond donors (Lipinski definition) is 1. The fourth-order valence-corrected chi connectivity index (χ4v) is 2.88. The summed E-state index contributed by atoms with van der Waals surface area (Å²) in [6.45, 7) is 3.77. The molecular weight excluding hydrogens is 327 g/mol. The molecule has 1 N–H and O–H groups in total. The summed E-state index contributed by atoms with van der Waals surface area (Å²) in [6, 6.07) is 0.477. The average molecular weight is 341 g/mol. The van der Waals surface area contributed by atoms with E-state index in [1.54, 1.807) is 4.90 Å². The zero-order valence-electron chi connectivity index (χ0n) is 12.9. The maximum atomic E-state index is 13.9. The van der Waals surface area contributed by atoms with Gasteiger partial charge < -0.3 is 14.5 Å². The standard InChI is InChI=1S/C15H14F3N3O3/c1-6-3-4-7(2)21(6)15(23)13-19-14(24-20-13)8-5-9(16)11(18)12(22)10(8)17/h5-7,22H,3-4H2,1-2H3/t6-,7+. The Bertz CT molecular complexity index is 799. The first-order valence-corrected chi connectivity index (χ1v) is 7.34. The van der Waals surface area contributed by atoms with Crippen molar-refractivity contribution in [1.29, 1.82) is 0 Å². The van der Waals surface area contributed by atoms with Gasteiger partial charge >= 0.3 is 0 Å². The van der Waals surface area contributed by atoms with Gasteiger partial charge in [-0.05, 0) is 32.8 Å². The number of benzene rings is 1. The fourth-order valence-electron chi connectivity index (χ4n) is 2.88. The van der Waals surface area contributed by atoms with Gasteiger partial charge in [0.15, 0.2) is 17.4 Å². The first kappa shape index (κ1) is 16.3. The molecule has 9 heteroatoms. The minimum atomic E-state index is -1.72. The molecule has 1 fully saturated rings. The fraction of sp³-hybridized carbons (Fsp3) is 0.400. The molecule has 2 atom stereocenters. The number of rotatable bonds is 2. The van der Waals surface area contributed by atoms with Gasteiger partial charge in [-0.25, -0.2) is 8.78 Å². The number of phenols is 1. The first-order chi connectivity index (χ1) is 11.3. The number of carbonyl (C=O) groups excluding carboxylic acids is 1. The van der Waals surface area contributed by atoms with E-state index < -0.39 is 40.6 Å². The second kappa shape index (κ2) is 5.81. The second-order valence-electron chi connectivity index (χ2n) is 5.79. The van der Waals surface area contributed by atoms with Gasteiger partial charge in [0.25, 0.3) is 17.6 Å². The molecule has 0 unspecified atom stereocenters. The van der Waals surface area contributed by atoms with E-state index in [2.05, 4.69) is 10.1 Å². The molecule has 0 bridgehead atoms. The molecule has 1 aromatic heterocycles. The van der Waals surface area contributed by atoms with Crippen molar-refractivity contribution >= 4 is 5.91 Å². The Hall–Kier alpha value is -2.58. The van der Waals surface area contributed by atoms with Crippen LogP contribution in [0.1, 0.15) is 37.3 Å². The normalized spacial score (nSPS) is 20.6. The van der Waals surface area contributed by atoms with Crippen LogP contribution < -0.4 is 0 Å². The molecular formula is C15H14F3N3O3. The lowest BCUT2D eigenvalue weighted by molar-refractivity contribution is 0.0677. The van der Waals surface area contributed by atoms with Crippen molar-refractivity contribution in [2.75, 3.05) is 0 Å². The van der Waals surface area contributed by atoms with Crippen LogP contribution in [-0.4, -0.2) is 38.1 Å². The molecule has 1 aliphatic heterocycles. The van der Waals surface area contributed by atoms with E-state index in [1.807, 2.05) is 13.8 Å². The maximum absolute atomic E-state index is 13.9. The van der Waals surface area contributed by atoms with E-state index >= 15 is 0 Å².